The van der Waals surface area contributed by atoms with Crippen molar-refractivity contribution in [3.63, 3.8) is 0 Å². The summed E-state index contributed by atoms with van der Waals surface area (Å²) in [4.78, 5) is 0. The zero-order valence-corrected chi connectivity index (χ0v) is 16.1. The van der Waals surface area contributed by atoms with Gasteiger partial charge < -0.3 is 25.2 Å². The molecule has 1 rings (SSSR count). The largest absolute Gasteiger partial charge is 0.466 e. The van der Waals surface area contributed by atoms with Crippen LogP contribution in [-0.2, 0) is 30.2 Å². The van der Waals surface area contributed by atoms with E-state index in [9.17, 15) is 27.9 Å². The second kappa shape index (κ2) is 10.7. The van der Waals surface area contributed by atoms with Crippen molar-refractivity contribution in [2.45, 2.75) is 42.7 Å². The average molecular weight is 435 g/mol. The van der Waals surface area contributed by atoms with Gasteiger partial charge in [-0.2, -0.15) is 8.42 Å². The molecule has 152 valence electrons. The summed E-state index contributed by atoms with van der Waals surface area (Å²) in [5, 5.41) is 43.3. The first-order chi connectivity index (χ1) is 12.0. The Morgan fingerprint density at radius 3 is 2.50 bits per heavy atom. The second-order valence-electron chi connectivity index (χ2n) is 5.21. The minimum atomic E-state index is -4.85. The predicted molar refractivity (Wildman–Crippen MR) is 93.9 cm³/mol. The zero-order chi connectivity index (χ0) is 19.9. The highest BCUT2D eigenvalue weighted by atomic mass is 32.3. The monoisotopic (exact) mass is 435 g/mol. The third-order valence-electron chi connectivity index (χ3n) is 3.15. The Kier molecular flexibility index (Phi) is 9.63. The molecule has 1 saturated heterocycles. The van der Waals surface area contributed by atoms with Crippen molar-refractivity contribution >= 4 is 38.0 Å². The Hall–Kier alpha value is -0.580. The molecule has 11 nitrogen and oxygen atoms in total. The van der Waals surface area contributed by atoms with Gasteiger partial charge >= 0.3 is 10.4 Å². The first-order valence-corrected chi connectivity index (χ1v) is 11.1. The highest BCUT2D eigenvalue weighted by Crippen LogP contribution is 2.30. The van der Waals surface area contributed by atoms with Gasteiger partial charge in [0.25, 0.3) is 0 Å². The van der Waals surface area contributed by atoms with Crippen LogP contribution in [0.1, 0.15) is 12.8 Å². The van der Waals surface area contributed by atoms with E-state index in [4.69, 9.17) is 14.4 Å². The standard InChI is InChI=1S/C12H21NO10S3/c1-25(18)5-3-2-4-8(13-23-26(19,20)21)24-12-11(17)10(16)9(15)7(6-14)22-12/h3,5,7,9-12,14-17H,2,4,6H2,1H3,(H,19,20,21)/b5-3-,13-8-/t7-,9-,10+,11-,12+,25?/m1/s1. The lowest BCUT2D eigenvalue weighted by Crippen LogP contribution is -2.57. The first-order valence-electron chi connectivity index (χ1n) is 7.24. The van der Waals surface area contributed by atoms with Gasteiger partial charge in [0.15, 0.2) is 0 Å². The van der Waals surface area contributed by atoms with E-state index in [1.54, 1.807) is 6.08 Å². The normalized spacial score (nSPS) is 31.9. The summed E-state index contributed by atoms with van der Waals surface area (Å²) in [6, 6.07) is 0. The van der Waals surface area contributed by atoms with Crippen molar-refractivity contribution in [2.75, 3.05) is 12.9 Å². The molecule has 1 unspecified atom stereocenters. The number of hydrogen-bond donors (Lipinski definition) is 5. The van der Waals surface area contributed by atoms with E-state index in [1.165, 1.54) is 11.7 Å². The summed E-state index contributed by atoms with van der Waals surface area (Å²) < 4.78 is 50.2. The number of ether oxygens (including phenoxy) is 1. The number of nitrogens with zero attached hydrogens (tertiary/aromatic N) is 1. The molecular weight excluding hydrogens is 414 g/mol. The molecular formula is C12H21NO10S3. The van der Waals surface area contributed by atoms with Crippen molar-refractivity contribution in [3.8, 4) is 0 Å². The molecule has 0 aromatic heterocycles. The predicted octanol–water partition coefficient (Wildman–Crippen LogP) is -1.68. The van der Waals surface area contributed by atoms with E-state index in [-0.39, 0.29) is 17.9 Å². The molecule has 0 amide bonds. The highest BCUT2D eigenvalue weighted by molar-refractivity contribution is 8.14. The van der Waals surface area contributed by atoms with Crippen LogP contribution >= 0.6 is 11.8 Å². The number of oxime groups is 1. The highest BCUT2D eigenvalue weighted by Gasteiger charge is 2.44. The van der Waals surface area contributed by atoms with Crippen LogP contribution in [0.5, 0.6) is 0 Å². The van der Waals surface area contributed by atoms with Crippen molar-refractivity contribution in [1.29, 1.82) is 0 Å². The zero-order valence-electron chi connectivity index (χ0n) is 13.6. The summed E-state index contributed by atoms with van der Waals surface area (Å²) in [7, 11) is -6.03. The molecule has 0 radical (unpaired) electrons. The van der Waals surface area contributed by atoms with E-state index < -0.39 is 57.7 Å². The summed E-state index contributed by atoms with van der Waals surface area (Å²) >= 11 is 0.683. The number of thioether (sulfide) groups is 1. The maximum absolute atomic E-state index is 11.0. The van der Waals surface area contributed by atoms with E-state index in [1.807, 2.05) is 0 Å². The summed E-state index contributed by atoms with van der Waals surface area (Å²) in [6.07, 6.45) is -2.50. The van der Waals surface area contributed by atoms with Crippen LogP contribution in [-0.4, -0.2) is 85.4 Å². The minimum Gasteiger partial charge on any atom is -0.394 e. The molecule has 0 bridgehead atoms. The Labute approximate surface area is 157 Å². The Balaban J connectivity index is 2.87. The van der Waals surface area contributed by atoms with Crippen LogP contribution < -0.4 is 0 Å². The Morgan fingerprint density at radius 2 is 1.96 bits per heavy atom. The van der Waals surface area contributed by atoms with Gasteiger partial charge in [0.1, 0.15) is 34.9 Å². The van der Waals surface area contributed by atoms with E-state index >= 15 is 0 Å². The van der Waals surface area contributed by atoms with E-state index in [2.05, 4.69) is 9.44 Å². The van der Waals surface area contributed by atoms with Gasteiger partial charge in [-0.25, -0.2) is 4.28 Å². The van der Waals surface area contributed by atoms with Crippen molar-refractivity contribution in [2.24, 2.45) is 5.16 Å². The van der Waals surface area contributed by atoms with Gasteiger partial charge in [-0.1, -0.05) is 23.0 Å². The maximum atomic E-state index is 11.0. The molecule has 1 aliphatic heterocycles. The Morgan fingerprint density at radius 1 is 1.31 bits per heavy atom. The first kappa shape index (κ1) is 23.5. The third kappa shape index (κ3) is 7.98. The fourth-order valence-electron chi connectivity index (χ4n) is 1.92. The van der Waals surface area contributed by atoms with Crippen molar-refractivity contribution in [3.05, 3.63) is 11.5 Å². The number of aliphatic hydroxyl groups is 4. The second-order valence-corrected chi connectivity index (χ2v) is 8.66. The molecule has 0 aliphatic carbocycles. The van der Waals surface area contributed by atoms with Crippen molar-refractivity contribution in [1.82, 2.24) is 0 Å². The van der Waals surface area contributed by atoms with Crippen LogP contribution in [0.3, 0.4) is 0 Å². The molecule has 14 heteroatoms. The molecule has 5 N–H and O–H groups in total. The molecule has 0 aromatic rings. The molecule has 26 heavy (non-hydrogen) atoms. The summed E-state index contributed by atoms with van der Waals surface area (Å²) in [6.45, 7) is -0.624. The molecule has 6 atom stereocenters. The SMILES string of the molecule is CS(=O)/C=C\CC/C(=N/OS(=O)(=O)O)S[C@@H]1O[C@H](CO)[C@@H](O)[C@H](O)[C@H]1O. The van der Waals surface area contributed by atoms with E-state index in [0.717, 1.165) is 0 Å². The molecule has 0 spiro atoms. The summed E-state index contributed by atoms with van der Waals surface area (Å²) in [5.74, 6) is 0. The number of allylic oxidation sites excluding steroid dienone is 1. The van der Waals surface area contributed by atoms with Gasteiger partial charge in [0.2, 0.25) is 0 Å². The van der Waals surface area contributed by atoms with Gasteiger partial charge in [0.05, 0.1) is 6.61 Å². The molecule has 1 heterocycles. The number of rotatable bonds is 8. The molecule has 0 aromatic carbocycles. The molecule has 1 fully saturated rings. The molecule has 1 aliphatic rings. The number of aliphatic hydroxyl groups excluding tert-OH is 4. The minimum absolute atomic E-state index is 0.0292. The van der Waals surface area contributed by atoms with Crippen molar-refractivity contribution < 1.29 is 46.6 Å². The van der Waals surface area contributed by atoms with Crippen LogP contribution in [0.4, 0.5) is 0 Å². The van der Waals surface area contributed by atoms with Gasteiger partial charge in [-0.15, -0.1) is 0 Å². The van der Waals surface area contributed by atoms with Crippen LogP contribution in [0, 0.1) is 0 Å². The fraction of sp³-hybridized carbons (Fsp3) is 0.750. The van der Waals surface area contributed by atoms with Gasteiger partial charge in [-0.3, -0.25) is 8.76 Å². The smallest absolute Gasteiger partial charge is 0.394 e. The van der Waals surface area contributed by atoms with Crippen LogP contribution in [0.25, 0.3) is 0 Å². The van der Waals surface area contributed by atoms with Crippen LogP contribution in [0.15, 0.2) is 16.6 Å². The fourth-order valence-corrected chi connectivity index (χ4v) is 3.65. The topological polar surface area (TPSA) is 183 Å². The molecule has 0 saturated carbocycles. The lowest BCUT2D eigenvalue weighted by atomic mass is 10.0. The lowest BCUT2D eigenvalue weighted by Gasteiger charge is -2.39. The Bertz CT molecular complexity index is 635. The van der Waals surface area contributed by atoms with Gasteiger partial charge in [-0.05, 0) is 11.8 Å². The quantitative estimate of drug-likeness (QED) is 0.127. The third-order valence-corrected chi connectivity index (χ3v) is 5.16. The summed E-state index contributed by atoms with van der Waals surface area (Å²) in [5.41, 5.74) is -1.20. The van der Waals surface area contributed by atoms with Gasteiger partial charge in [0, 0.05) is 23.5 Å². The number of hydrogen-bond acceptors (Lipinski definition) is 11. The maximum Gasteiger partial charge on any atom is 0.466 e. The average Bonchev–Trinajstić information content (AvgIpc) is 2.55. The lowest BCUT2D eigenvalue weighted by molar-refractivity contribution is -0.205. The van der Waals surface area contributed by atoms with Crippen LogP contribution in [0.2, 0.25) is 0 Å². The van der Waals surface area contributed by atoms with E-state index in [0.29, 0.717) is 11.8 Å².